The van der Waals surface area contributed by atoms with Gasteiger partial charge in [0.05, 0.1) is 12.1 Å². The van der Waals surface area contributed by atoms with Crippen molar-refractivity contribution in [3.63, 3.8) is 0 Å². The van der Waals surface area contributed by atoms with Gasteiger partial charge in [0.2, 0.25) is 6.30 Å². The summed E-state index contributed by atoms with van der Waals surface area (Å²) in [7, 11) is 0. The zero-order valence-electron chi connectivity index (χ0n) is 21.5. The summed E-state index contributed by atoms with van der Waals surface area (Å²) in [5.41, 5.74) is 0.446. The molecule has 0 spiro atoms. The summed E-state index contributed by atoms with van der Waals surface area (Å²) < 4.78 is 55.4. The van der Waals surface area contributed by atoms with E-state index in [-0.39, 0.29) is 11.6 Å². The first-order chi connectivity index (χ1) is 18.6. The second-order valence-electron chi connectivity index (χ2n) is 8.81. The van der Waals surface area contributed by atoms with Crippen LogP contribution in [0.15, 0.2) is 84.5 Å². The van der Waals surface area contributed by atoms with Crippen molar-refractivity contribution >= 4 is 11.6 Å². The summed E-state index contributed by atoms with van der Waals surface area (Å²) in [5, 5.41) is 18.2. The highest BCUT2D eigenvalue weighted by atomic mass is 19.4. The molecule has 2 unspecified atom stereocenters. The summed E-state index contributed by atoms with van der Waals surface area (Å²) in [5.74, 6) is -0.954. The fourth-order valence-corrected chi connectivity index (χ4v) is 3.79. The average molecular weight is 540 g/mol. The largest absolute Gasteiger partial charge is 0.435 e. The van der Waals surface area contributed by atoms with E-state index < -0.39 is 29.8 Å². The van der Waals surface area contributed by atoms with Crippen LogP contribution < -0.4 is 10.6 Å². The van der Waals surface area contributed by atoms with Crippen LogP contribution in [0.2, 0.25) is 0 Å². The number of nitriles is 1. The number of hydrogen-bond donors (Lipinski definition) is 2. The number of allylic oxidation sites excluding steroid dienone is 4. The van der Waals surface area contributed by atoms with Gasteiger partial charge in [-0.3, -0.25) is 4.79 Å². The van der Waals surface area contributed by atoms with Crippen molar-refractivity contribution in [1.29, 1.82) is 5.26 Å². The zero-order valence-corrected chi connectivity index (χ0v) is 21.5. The maximum absolute atomic E-state index is 14.9. The number of alkyl halides is 4. The molecule has 0 saturated carbocycles. The highest BCUT2D eigenvalue weighted by Gasteiger charge is 2.37. The lowest BCUT2D eigenvalue weighted by atomic mass is 9.98. The van der Waals surface area contributed by atoms with Crippen LogP contribution in [0.25, 0.3) is 0 Å². The molecule has 0 aliphatic heterocycles. The summed E-state index contributed by atoms with van der Waals surface area (Å²) in [6.45, 7) is 4.34. The Morgan fingerprint density at radius 3 is 2.51 bits per heavy atom. The highest BCUT2D eigenvalue weighted by molar-refractivity contribution is 6.03. The fourth-order valence-electron chi connectivity index (χ4n) is 3.79. The zero-order chi connectivity index (χ0) is 28.4. The van der Waals surface area contributed by atoms with Gasteiger partial charge in [0.1, 0.15) is 5.69 Å². The van der Waals surface area contributed by atoms with Gasteiger partial charge in [0.25, 0.3) is 5.91 Å². The van der Waals surface area contributed by atoms with E-state index in [9.17, 15) is 22.4 Å². The Hall–Kier alpha value is -4.23. The van der Waals surface area contributed by atoms with Crippen LogP contribution in [0.3, 0.4) is 0 Å². The maximum Gasteiger partial charge on any atom is 0.435 e. The Morgan fingerprint density at radius 2 is 1.85 bits per heavy atom. The molecule has 0 aliphatic carbocycles. The molecule has 10 heteroatoms. The lowest BCUT2D eigenvalue weighted by molar-refractivity contribution is -0.141. The first-order valence-corrected chi connectivity index (χ1v) is 12.4. The second kappa shape index (κ2) is 13.5. The molecule has 3 aromatic rings. The summed E-state index contributed by atoms with van der Waals surface area (Å²) in [6.07, 6.45) is -1.71. The van der Waals surface area contributed by atoms with Crippen molar-refractivity contribution in [3.05, 3.63) is 107 Å². The van der Waals surface area contributed by atoms with E-state index >= 15 is 0 Å². The normalized spacial score (nSPS) is 13.7. The van der Waals surface area contributed by atoms with Crippen LogP contribution in [0.4, 0.5) is 23.2 Å². The topological polar surface area (TPSA) is 82.7 Å². The van der Waals surface area contributed by atoms with Crippen LogP contribution in [0.5, 0.6) is 0 Å². The molecule has 1 heterocycles. The third-order valence-electron chi connectivity index (χ3n) is 5.77. The molecule has 2 N–H and O–H groups in total. The Balaban J connectivity index is 1.90. The number of unbranched alkanes of at least 4 members (excludes halogenated alkanes) is 1. The standard InChI is InChI=1S/C29H29F4N5O/c1-3-4-16-35-27(21-11-6-5-7-12-21)22-13-9-14-23(17-22)36-28(39)24-18-25(29(31,32)33)37-38(24)26(30)15-8-10-20(2)19-34/h5-15,17-18,26-27,35H,3-4,16H2,1-2H3,(H,36,39)/b15-8-,20-10+. The molecule has 2 atom stereocenters. The molecule has 1 amide bonds. The molecule has 3 rings (SSSR count). The molecular weight excluding hydrogens is 510 g/mol. The number of benzene rings is 2. The third-order valence-corrected chi connectivity index (χ3v) is 5.77. The summed E-state index contributed by atoms with van der Waals surface area (Å²) in [4.78, 5) is 13.1. The summed E-state index contributed by atoms with van der Waals surface area (Å²) >= 11 is 0. The number of halogens is 4. The van der Waals surface area contributed by atoms with Crippen molar-refractivity contribution < 1.29 is 22.4 Å². The van der Waals surface area contributed by atoms with Gasteiger partial charge < -0.3 is 10.6 Å². The van der Waals surface area contributed by atoms with E-state index in [1.165, 1.54) is 19.1 Å². The van der Waals surface area contributed by atoms with Crippen molar-refractivity contribution in [3.8, 4) is 6.07 Å². The van der Waals surface area contributed by atoms with Crippen molar-refractivity contribution in [2.75, 3.05) is 11.9 Å². The van der Waals surface area contributed by atoms with Gasteiger partial charge in [-0.05, 0) is 55.3 Å². The quantitative estimate of drug-likeness (QED) is 0.118. The third kappa shape index (κ3) is 8.12. The number of rotatable bonds is 11. The van der Waals surface area contributed by atoms with Crippen LogP contribution in [-0.2, 0) is 6.18 Å². The number of carbonyl (C=O) groups excluding carboxylic acids is 1. The van der Waals surface area contributed by atoms with Gasteiger partial charge in [-0.1, -0.05) is 61.9 Å². The van der Waals surface area contributed by atoms with Crippen LogP contribution in [0, 0.1) is 11.3 Å². The van der Waals surface area contributed by atoms with E-state index in [4.69, 9.17) is 5.26 Å². The van der Waals surface area contributed by atoms with Crippen LogP contribution in [-0.4, -0.2) is 22.2 Å². The molecule has 0 bridgehead atoms. The minimum Gasteiger partial charge on any atom is -0.321 e. The Morgan fingerprint density at radius 1 is 1.13 bits per heavy atom. The number of hydrogen-bond acceptors (Lipinski definition) is 4. The fraction of sp³-hybridized carbons (Fsp3) is 0.276. The number of aromatic nitrogens is 2. The van der Waals surface area contributed by atoms with E-state index in [2.05, 4.69) is 22.7 Å². The summed E-state index contributed by atoms with van der Waals surface area (Å²) in [6, 6.07) is 18.8. The van der Waals surface area contributed by atoms with Gasteiger partial charge in [0.15, 0.2) is 5.69 Å². The van der Waals surface area contributed by atoms with E-state index in [1.54, 1.807) is 18.2 Å². The molecule has 1 aromatic heterocycles. The van der Waals surface area contributed by atoms with Crippen molar-refractivity contribution in [2.24, 2.45) is 0 Å². The lowest BCUT2D eigenvalue weighted by Crippen LogP contribution is -2.24. The predicted octanol–water partition coefficient (Wildman–Crippen LogP) is 7.13. The molecule has 0 fully saturated rings. The minimum absolute atomic E-state index is 0.178. The van der Waals surface area contributed by atoms with E-state index in [0.29, 0.717) is 16.4 Å². The molecule has 0 aliphatic rings. The maximum atomic E-state index is 14.9. The SMILES string of the molecule is CCCCNC(c1ccccc1)c1cccc(NC(=O)c2cc(C(F)(F)F)nn2C(F)/C=C\C=C(/C)C#N)c1. The molecular formula is C29H29F4N5O. The molecule has 6 nitrogen and oxygen atoms in total. The first-order valence-electron chi connectivity index (χ1n) is 12.4. The van der Waals surface area contributed by atoms with Gasteiger partial charge in [0, 0.05) is 17.3 Å². The highest BCUT2D eigenvalue weighted by Crippen LogP contribution is 2.31. The Bertz CT molecular complexity index is 1360. The number of carbonyl (C=O) groups is 1. The smallest absolute Gasteiger partial charge is 0.321 e. The van der Waals surface area contributed by atoms with E-state index in [0.717, 1.165) is 36.6 Å². The minimum atomic E-state index is -4.88. The van der Waals surface area contributed by atoms with Gasteiger partial charge in [-0.15, -0.1) is 0 Å². The monoisotopic (exact) mass is 539 g/mol. The van der Waals surface area contributed by atoms with Gasteiger partial charge in [-0.2, -0.15) is 23.5 Å². The second-order valence-corrected chi connectivity index (χ2v) is 8.81. The van der Waals surface area contributed by atoms with Crippen LogP contribution >= 0.6 is 0 Å². The number of anilines is 1. The molecule has 0 saturated heterocycles. The van der Waals surface area contributed by atoms with E-state index in [1.807, 2.05) is 42.5 Å². The number of nitrogens with zero attached hydrogens (tertiary/aromatic N) is 3. The first kappa shape index (κ1) is 29.3. The van der Waals surface area contributed by atoms with Gasteiger partial charge >= 0.3 is 6.18 Å². The van der Waals surface area contributed by atoms with Crippen molar-refractivity contribution in [1.82, 2.24) is 15.1 Å². The number of nitrogens with one attached hydrogen (secondary N) is 2. The molecule has 0 radical (unpaired) electrons. The molecule has 204 valence electrons. The molecule has 39 heavy (non-hydrogen) atoms. The molecule has 2 aromatic carbocycles. The lowest BCUT2D eigenvalue weighted by Gasteiger charge is -2.21. The average Bonchev–Trinajstić information content (AvgIpc) is 3.38. The van der Waals surface area contributed by atoms with Gasteiger partial charge in [-0.25, -0.2) is 9.07 Å². The van der Waals surface area contributed by atoms with Crippen molar-refractivity contribution in [2.45, 2.75) is 45.2 Å². The Labute approximate surface area is 224 Å². The van der Waals surface area contributed by atoms with Crippen LogP contribution in [0.1, 0.15) is 66.3 Å². The predicted molar refractivity (Wildman–Crippen MR) is 141 cm³/mol. The number of amides is 1. The Kier molecular flexibility index (Phi) is 10.2.